The molecule has 4 aromatic rings. The molecule has 0 aliphatic heterocycles. The van der Waals surface area contributed by atoms with Crippen LogP contribution in [0.2, 0.25) is 0 Å². The first-order chi connectivity index (χ1) is 11.7. The van der Waals surface area contributed by atoms with Crippen molar-refractivity contribution in [3.05, 3.63) is 70.4 Å². The number of carbonyl (C=O) groups excluding carboxylic acids is 1. The summed E-state index contributed by atoms with van der Waals surface area (Å²) in [5, 5.41) is 7.23. The molecule has 7 heteroatoms. The van der Waals surface area contributed by atoms with Crippen LogP contribution in [0, 0.1) is 6.92 Å². The van der Waals surface area contributed by atoms with E-state index in [-0.39, 0.29) is 5.91 Å². The Balaban J connectivity index is 1.54. The summed E-state index contributed by atoms with van der Waals surface area (Å²) in [7, 11) is 0. The standard InChI is InChI=1S/C17H15N5OS/c1-12-2-4-14(24-12)11-22-16(6-7-19-22)20-17(23)13-3-5-15-18-8-9-21(15)10-13/h2-10H,11H2,1H3,(H,20,23). The van der Waals surface area contributed by atoms with Crippen LogP contribution in [0.5, 0.6) is 0 Å². The molecule has 0 saturated carbocycles. The van der Waals surface area contributed by atoms with Crippen molar-refractivity contribution in [1.29, 1.82) is 0 Å². The lowest BCUT2D eigenvalue weighted by atomic mass is 10.2. The minimum absolute atomic E-state index is 0.172. The van der Waals surface area contributed by atoms with Crippen LogP contribution in [-0.4, -0.2) is 25.1 Å². The molecule has 0 radical (unpaired) electrons. The van der Waals surface area contributed by atoms with Crippen molar-refractivity contribution in [3.8, 4) is 0 Å². The Bertz CT molecular complexity index is 1010. The number of imidazole rings is 1. The van der Waals surface area contributed by atoms with Gasteiger partial charge in [-0.2, -0.15) is 5.10 Å². The molecule has 0 atom stereocenters. The third-order valence-corrected chi connectivity index (χ3v) is 4.70. The number of fused-ring (bicyclic) bond motifs is 1. The van der Waals surface area contributed by atoms with Gasteiger partial charge in [0.25, 0.3) is 5.91 Å². The molecule has 0 aromatic carbocycles. The molecule has 1 N–H and O–H groups in total. The van der Waals surface area contributed by atoms with Crippen LogP contribution < -0.4 is 5.32 Å². The van der Waals surface area contributed by atoms with Crippen LogP contribution in [-0.2, 0) is 6.54 Å². The third-order valence-electron chi connectivity index (χ3n) is 3.71. The zero-order valence-electron chi connectivity index (χ0n) is 13.0. The van der Waals surface area contributed by atoms with Crippen molar-refractivity contribution in [1.82, 2.24) is 19.2 Å². The van der Waals surface area contributed by atoms with E-state index in [2.05, 4.69) is 34.5 Å². The second kappa shape index (κ2) is 5.93. The molecule has 4 rings (SSSR count). The van der Waals surface area contributed by atoms with Crippen molar-refractivity contribution >= 4 is 28.7 Å². The van der Waals surface area contributed by atoms with E-state index in [0.717, 1.165) is 5.65 Å². The molecule has 0 aliphatic carbocycles. The number of rotatable bonds is 4. The highest BCUT2D eigenvalue weighted by Crippen LogP contribution is 2.18. The Morgan fingerprint density at radius 2 is 2.12 bits per heavy atom. The molecule has 0 saturated heterocycles. The molecule has 0 aliphatic rings. The Morgan fingerprint density at radius 3 is 2.96 bits per heavy atom. The van der Waals surface area contributed by atoms with E-state index >= 15 is 0 Å². The van der Waals surface area contributed by atoms with E-state index in [1.54, 1.807) is 46.7 Å². The summed E-state index contributed by atoms with van der Waals surface area (Å²) >= 11 is 1.73. The van der Waals surface area contributed by atoms with Crippen LogP contribution in [0.1, 0.15) is 20.1 Å². The fraction of sp³-hybridized carbons (Fsp3) is 0.118. The van der Waals surface area contributed by atoms with Gasteiger partial charge in [0.15, 0.2) is 0 Å². The van der Waals surface area contributed by atoms with Gasteiger partial charge in [-0.1, -0.05) is 0 Å². The topological polar surface area (TPSA) is 64.2 Å². The molecule has 24 heavy (non-hydrogen) atoms. The number of carbonyl (C=O) groups is 1. The van der Waals surface area contributed by atoms with Crippen molar-refractivity contribution in [2.45, 2.75) is 13.5 Å². The quantitative estimate of drug-likeness (QED) is 0.622. The lowest BCUT2D eigenvalue weighted by Crippen LogP contribution is -2.16. The Labute approximate surface area is 142 Å². The molecule has 4 aromatic heterocycles. The Kier molecular flexibility index (Phi) is 3.62. The number of thiophene rings is 1. The van der Waals surface area contributed by atoms with E-state index < -0.39 is 0 Å². The minimum atomic E-state index is -0.172. The SMILES string of the molecule is Cc1ccc(Cn2nccc2NC(=O)c2ccc3nccn3c2)s1. The van der Waals surface area contributed by atoms with Gasteiger partial charge in [-0.25, -0.2) is 9.67 Å². The van der Waals surface area contributed by atoms with Crippen LogP contribution >= 0.6 is 11.3 Å². The molecule has 0 bridgehead atoms. The fourth-order valence-electron chi connectivity index (χ4n) is 2.53. The Morgan fingerprint density at radius 1 is 1.21 bits per heavy atom. The second-order valence-corrected chi connectivity index (χ2v) is 6.82. The molecule has 1 amide bonds. The van der Waals surface area contributed by atoms with Gasteiger partial charge in [-0.05, 0) is 31.2 Å². The summed E-state index contributed by atoms with van der Waals surface area (Å²) in [4.78, 5) is 19.1. The van der Waals surface area contributed by atoms with Crippen molar-refractivity contribution < 1.29 is 4.79 Å². The lowest BCUT2D eigenvalue weighted by Gasteiger charge is -2.08. The number of aromatic nitrogens is 4. The number of anilines is 1. The largest absolute Gasteiger partial charge is 0.307 e. The third kappa shape index (κ3) is 2.81. The van der Waals surface area contributed by atoms with Crippen molar-refractivity contribution in [2.75, 3.05) is 5.32 Å². The van der Waals surface area contributed by atoms with Crippen LogP contribution in [0.15, 0.2) is 55.1 Å². The number of aryl methyl sites for hydroxylation is 1. The first-order valence-corrected chi connectivity index (χ1v) is 8.32. The number of pyridine rings is 1. The maximum absolute atomic E-state index is 12.5. The first-order valence-electron chi connectivity index (χ1n) is 7.50. The summed E-state index contributed by atoms with van der Waals surface area (Å²) in [5.41, 5.74) is 1.38. The van der Waals surface area contributed by atoms with Gasteiger partial charge >= 0.3 is 0 Å². The molecule has 6 nitrogen and oxygen atoms in total. The second-order valence-electron chi connectivity index (χ2n) is 5.45. The van der Waals surface area contributed by atoms with Gasteiger partial charge in [-0.15, -0.1) is 11.3 Å². The molecule has 4 heterocycles. The maximum atomic E-state index is 12.5. The number of amides is 1. The summed E-state index contributed by atoms with van der Waals surface area (Å²) in [5.74, 6) is 0.506. The number of nitrogens with zero attached hydrogens (tertiary/aromatic N) is 4. The molecule has 0 fully saturated rings. The summed E-state index contributed by atoms with van der Waals surface area (Å²) in [6.07, 6.45) is 6.97. The van der Waals surface area contributed by atoms with E-state index in [0.29, 0.717) is 17.9 Å². The van der Waals surface area contributed by atoms with Gasteiger partial charge in [0, 0.05) is 34.4 Å². The number of nitrogens with one attached hydrogen (secondary N) is 1. The van der Waals surface area contributed by atoms with E-state index in [9.17, 15) is 4.79 Å². The van der Waals surface area contributed by atoms with Gasteiger partial charge in [-0.3, -0.25) is 4.79 Å². The molecule has 0 spiro atoms. The van der Waals surface area contributed by atoms with Gasteiger partial charge in [0.05, 0.1) is 18.3 Å². The highest BCUT2D eigenvalue weighted by Gasteiger charge is 2.11. The fourth-order valence-corrected chi connectivity index (χ4v) is 3.40. The summed E-state index contributed by atoms with van der Waals surface area (Å²) in [6.45, 7) is 2.72. The van der Waals surface area contributed by atoms with Gasteiger partial charge < -0.3 is 9.72 Å². The highest BCUT2D eigenvalue weighted by molar-refractivity contribution is 7.11. The molecule has 0 unspecified atom stereocenters. The number of hydrogen-bond acceptors (Lipinski definition) is 4. The first kappa shape index (κ1) is 14.6. The highest BCUT2D eigenvalue weighted by atomic mass is 32.1. The average molecular weight is 337 g/mol. The van der Waals surface area contributed by atoms with Crippen LogP contribution in [0.25, 0.3) is 5.65 Å². The molecular formula is C17H15N5OS. The van der Waals surface area contributed by atoms with Crippen LogP contribution in [0.3, 0.4) is 0 Å². The minimum Gasteiger partial charge on any atom is -0.307 e. The summed E-state index contributed by atoms with van der Waals surface area (Å²) in [6, 6.07) is 9.55. The van der Waals surface area contributed by atoms with E-state index in [4.69, 9.17) is 0 Å². The van der Waals surface area contributed by atoms with Crippen molar-refractivity contribution in [3.63, 3.8) is 0 Å². The van der Waals surface area contributed by atoms with Crippen molar-refractivity contribution in [2.24, 2.45) is 0 Å². The maximum Gasteiger partial charge on any atom is 0.258 e. The lowest BCUT2D eigenvalue weighted by molar-refractivity contribution is 0.102. The average Bonchev–Trinajstić information content (AvgIpc) is 3.29. The van der Waals surface area contributed by atoms with E-state index in [1.165, 1.54) is 9.75 Å². The predicted molar refractivity (Wildman–Crippen MR) is 93.5 cm³/mol. The smallest absolute Gasteiger partial charge is 0.258 e. The predicted octanol–water partition coefficient (Wildman–Crippen LogP) is 3.20. The Hall–Kier alpha value is -2.93. The number of hydrogen-bond donors (Lipinski definition) is 1. The normalized spacial score (nSPS) is 11.0. The van der Waals surface area contributed by atoms with Gasteiger partial charge in [0.2, 0.25) is 0 Å². The monoisotopic (exact) mass is 337 g/mol. The summed E-state index contributed by atoms with van der Waals surface area (Å²) < 4.78 is 3.61. The molecular weight excluding hydrogens is 322 g/mol. The van der Waals surface area contributed by atoms with E-state index in [1.807, 2.05) is 16.7 Å². The zero-order valence-corrected chi connectivity index (χ0v) is 13.8. The molecule has 120 valence electrons. The zero-order chi connectivity index (χ0) is 16.5. The van der Waals surface area contributed by atoms with Crippen LogP contribution in [0.4, 0.5) is 5.82 Å². The van der Waals surface area contributed by atoms with Gasteiger partial charge in [0.1, 0.15) is 11.5 Å².